The van der Waals surface area contributed by atoms with Gasteiger partial charge in [0.25, 0.3) is 0 Å². The van der Waals surface area contributed by atoms with Crippen LogP contribution in [0.4, 0.5) is 0 Å². The standard InChI is InChI=1S/C21H28N2OS/c24-17-20-10-5-13-23(20)16-19(15-21-11-6-14-25-21)22-12-4-9-18-7-2-1-3-8-18/h1-4,6-9,11,14,19-20,22,24H,5,10,12-13,15-17H2. The Morgan fingerprint density at radius 3 is 2.88 bits per heavy atom. The van der Waals surface area contributed by atoms with Crippen LogP contribution in [0, 0.1) is 0 Å². The number of nitrogens with one attached hydrogen (secondary N) is 1. The lowest BCUT2D eigenvalue weighted by Gasteiger charge is -2.28. The van der Waals surface area contributed by atoms with Gasteiger partial charge in [-0.05, 0) is 42.8 Å². The van der Waals surface area contributed by atoms with Crippen molar-refractivity contribution in [2.45, 2.75) is 31.3 Å². The molecule has 1 aliphatic rings. The molecule has 0 spiro atoms. The summed E-state index contributed by atoms with van der Waals surface area (Å²) in [5, 5.41) is 15.4. The first kappa shape index (κ1) is 18.3. The lowest BCUT2D eigenvalue weighted by atomic mass is 10.1. The number of hydrogen-bond acceptors (Lipinski definition) is 4. The lowest BCUT2D eigenvalue weighted by Crippen LogP contribution is -2.45. The molecule has 25 heavy (non-hydrogen) atoms. The fourth-order valence-electron chi connectivity index (χ4n) is 3.49. The molecular formula is C21H28N2OS. The molecule has 134 valence electrons. The first-order valence-electron chi connectivity index (χ1n) is 9.17. The van der Waals surface area contributed by atoms with Crippen LogP contribution in [0.2, 0.25) is 0 Å². The summed E-state index contributed by atoms with van der Waals surface area (Å²) in [6.07, 6.45) is 7.73. The van der Waals surface area contributed by atoms with Gasteiger partial charge in [-0.15, -0.1) is 11.3 Å². The molecule has 1 saturated heterocycles. The first-order valence-corrected chi connectivity index (χ1v) is 10.1. The quantitative estimate of drug-likeness (QED) is 0.723. The SMILES string of the molecule is OCC1CCCN1CC(Cc1cccs1)NCC=Cc1ccccc1. The van der Waals surface area contributed by atoms with Crippen LogP contribution in [0.15, 0.2) is 53.9 Å². The molecular weight excluding hydrogens is 328 g/mol. The monoisotopic (exact) mass is 356 g/mol. The number of nitrogens with zero attached hydrogens (tertiary/aromatic N) is 1. The van der Waals surface area contributed by atoms with Gasteiger partial charge < -0.3 is 10.4 Å². The van der Waals surface area contributed by atoms with Crippen molar-refractivity contribution in [3.8, 4) is 0 Å². The maximum absolute atomic E-state index is 9.58. The zero-order valence-corrected chi connectivity index (χ0v) is 15.5. The van der Waals surface area contributed by atoms with E-state index in [4.69, 9.17) is 0 Å². The molecule has 0 radical (unpaired) electrons. The Morgan fingerprint density at radius 2 is 2.12 bits per heavy atom. The van der Waals surface area contributed by atoms with Crippen molar-refractivity contribution in [1.82, 2.24) is 10.2 Å². The fourth-order valence-corrected chi connectivity index (χ4v) is 4.28. The van der Waals surface area contributed by atoms with Crippen LogP contribution in [0.5, 0.6) is 0 Å². The minimum absolute atomic E-state index is 0.277. The van der Waals surface area contributed by atoms with E-state index in [1.807, 2.05) is 17.4 Å². The minimum Gasteiger partial charge on any atom is -0.395 e. The van der Waals surface area contributed by atoms with Gasteiger partial charge in [0.15, 0.2) is 0 Å². The van der Waals surface area contributed by atoms with E-state index in [2.05, 4.69) is 64.1 Å². The van der Waals surface area contributed by atoms with E-state index in [0.29, 0.717) is 12.1 Å². The van der Waals surface area contributed by atoms with Gasteiger partial charge in [-0.3, -0.25) is 4.90 Å². The van der Waals surface area contributed by atoms with Crippen LogP contribution in [-0.2, 0) is 6.42 Å². The number of aliphatic hydroxyl groups excluding tert-OH is 1. The molecule has 0 aliphatic carbocycles. The summed E-state index contributed by atoms with van der Waals surface area (Å²) in [7, 11) is 0. The fraction of sp³-hybridized carbons (Fsp3) is 0.429. The molecule has 4 heteroatoms. The highest BCUT2D eigenvalue weighted by atomic mass is 32.1. The van der Waals surface area contributed by atoms with Crippen molar-refractivity contribution in [1.29, 1.82) is 0 Å². The van der Waals surface area contributed by atoms with Crippen molar-refractivity contribution >= 4 is 17.4 Å². The Morgan fingerprint density at radius 1 is 1.24 bits per heavy atom. The van der Waals surface area contributed by atoms with E-state index >= 15 is 0 Å². The van der Waals surface area contributed by atoms with Crippen molar-refractivity contribution in [3.05, 3.63) is 64.4 Å². The van der Waals surface area contributed by atoms with Crippen molar-refractivity contribution in [3.63, 3.8) is 0 Å². The Balaban J connectivity index is 1.55. The lowest BCUT2D eigenvalue weighted by molar-refractivity contribution is 0.148. The zero-order chi connectivity index (χ0) is 17.3. The van der Waals surface area contributed by atoms with Crippen molar-refractivity contribution < 1.29 is 5.11 Å². The summed E-state index contributed by atoms with van der Waals surface area (Å²) < 4.78 is 0. The second kappa shape index (κ2) is 9.88. The summed E-state index contributed by atoms with van der Waals surface area (Å²) in [5.41, 5.74) is 1.24. The molecule has 1 aromatic heterocycles. The third kappa shape index (κ3) is 5.79. The van der Waals surface area contributed by atoms with Crippen LogP contribution < -0.4 is 5.32 Å². The Labute approximate surface area is 155 Å². The van der Waals surface area contributed by atoms with Gasteiger partial charge in [0.05, 0.1) is 6.61 Å². The molecule has 1 aliphatic heterocycles. The van der Waals surface area contributed by atoms with E-state index in [1.54, 1.807) is 0 Å². The largest absolute Gasteiger partial charge is 0.395 e. The Hall–Kier alpha value is -1.46. The minimum atomic E-state index is 0.277. The molecule has 0 saturated carbocycles. The molecule has 0 amide bonds. The first-order chi connectivity index (χ1) is 12.3. The molecule has 1 aromatic carbocycles. The van der Waals surface area contributed by atoms with Gasteiger partial charge in [0, 0.05) is 30.1 Å². The normalized spacial score (nSPS) is 19.6. The molecule has 3 rings (SSSR count). The molecule has 2 atom stereocenters. The smallest absolute Gasteiger partial charge is 0.0586 e. The second-order valence-corrected chi connectivity index (χ2v) is 7.71. The van der Waals surface area contributed by atoms with Crippen molar-refractivity contribution in [2.24, 2.45) is 0 Å². The number of thiophene rings is 1. The van der Waals surface area contributed by atoms with Crippen LogP contribution in [0.25, 0.3) is 6.08 Å². The topological polar surface area (TPSA) is 35.5 Å². The molecule has 2 aromatic rings. The van der Waals surface area contributed by atoms with Gasteiger partial charge in [-0.25, -0.2) is 0 Å². The third-order valence-corrected chi connectivity index (χ3v) is 5.73. The average Bonchev–Trinajstić information content (AvgIpc) is 3.31. The molecule has 0 bridgehead atoms. The molecule has 2 N–H and O–H groups in total. The number of benzene rings is 1. The number of likely N-dealkylation sites (tertiary alicyclic amines) is 1. The highest BCUT2D eigenvalue weighted by molar-refractivity contribution is 7.09. The summed E-state index contributed by atoms with van der Waals surface area (Å²) in [4.78, 5) is 3.87. The molecule has 2 heterocycles. The molecule has 2 unspecified atom stereocenters. The van der Waals surface area contributed by atoms with Crippen LogP contribution in [-0.4, -0.2) is 48.3 Å². The molecule has 1 fully saturated rings. The van der Waals surface area contributed by atoms with E-state index in [1.165, 1.54) is 16.9 Å². The van der Waals surface area contributed by atoms with Crippen LogP contribution >= 0.6 is 11.3 Å². The Kier molecular flexibility index (Phi) is 7.24. The summed E-state index contributed by atoms with van der Waals surface area (Å²) in [6.45, 7) is 3.25. The van der Waals surface area contributed by atoms with E-state index < -0.39 is 0 Å². The predicted molar refractivity (Wildman–Crippen MR) is 107 cm³/mol. The number of rotatable bonds is 9. The predicted octanol–water partition coefficient (Wildman–Crippen LogP) is 3.42. The highest BCUT2D eigenvalue weighted by Crippen LogP contribution is 2.18. The van der Waals surface area contributed by atoms with Crippen LogP contribution in [0.1, 0.15) is 23.3 Å². The molecule has 3 nitrogen and oxygen atoms in total. The number of aliphatic hydroxyl groups is 1. The number of hydrogen-bond donors (Lipinski definition) is 2. The highest BCUT2D eigenvalue weighted by Gasteiger charge is 2.26. The maximum Gasteiger partial charge on any atom is 0.0586 e. The maximum atomic E-state index is 9.58. The van der Waals surface area contributed by atoms with E-state index in [-0.39, 0.29) is 6.61 Å². The third-order valence-electron chi connectivity index (χ3n) is 4.83. The summed E-state index contributed by atoms with van der Waals surface area (Å²) in [5.74, 6) is 0. The van der Waals surface area contributed by atoms with Gasteiger partial charge in [-0.2, -0.15) is 0 Å². The van der Waals surface area contributed by atoms with Crippen LogP contribution in [0.3, 0.4) is 0 Å². The van der Waals surface area contributed by atoms with Crippen molar-refractivity contribution in [2.75, 3.05) is 26.2 Å². The van der Waals surface area contributed by atoms with E-state index in [9.17, 15) is 5.11 Å². The zero-order valence-electron chi connectivity index (χ0n) is 14.7. The Bertz CT molecular complexity index is 627. The van der Waals surface area contributed by atoms with Gasteiger partial charge in [0.2, 0.25) is 0 Å². The van der Waals surface area contributed by atoms with Gasteiger partial charge in [-0.1, -0.05) is 48.6 Å². The van der Waals surface area contributed by atoms with E-state index in [0.717, 1.165) is 32.5 Å². The second-order valence-electron chi connectivity index (χ2n) is 6.68. The van der Waals surface area contributed by atoms with Gasteiger partial charge in [0.1, 0.15) is 0 Å². The summed E-state index contributed by atoms with van der Waals surface area (Å²) in [6, 6.07) is 15.5. The summed E-state index contributed by atoms with van der Waals surface area (Å²) >= 11 is 1.83. The van der Waals surface area contributed by atoms with Gasteiger partial charge >= 0.3 is 0 Å². The average molecular weight is 357 g/mol.